The third kappa shape index (κ3) is 8.17. The van der Waals surface area contributed by atoms with Gasteiger partial charge in [-0.05, 0) is 95.1 Å². The summed E-state index contributed by atoms with van der Waals surface area (Å²) in [5, 5.41) is 5.92. The summed E-state index contributed by atoms with van der Waals surface area (Å²) in [6.07, 6.45) is 9.06. The van der Waals surface area contributed by atoms with Crippen molar-refractivity contribution in [2.75, 3.05) is 20.3 Å². The minimum Gasteiger partial charge on any atom is -0.496 e. The Hall–Kier alpha value is -4.60. The van der Waals surface area contributed by atoms with Crippen LogP contribution in [-0.2, 0) is 35.6 Å². The van der Waals surface area contributed by atoms with E-state index in [2.05, 4.69) is 28.9 Å². The van der Waals surface area contributed by atoms with Crippen LogP contribution in [0, 0.1) is 17.3 Å². The number of carbonyl (C=O) groups is 4. The van der Waals surface area contributed by atoms with Crippen molar-refractivity contribution in [3.8, 4) is 17.4 Å². The Morgan fingerprint density at radius 3 is 2.53 bits per heavy atom. The second-order valence-electron chi connectivity index (χ2n) is 17.7. The second kappa shape index (κ2) is 16.1. The van der Waals surface area contributed by atoms with Crippen molar-refractivity contribution < 1.29 is 46.5 Å². The van der Waals surface area contributed by atoms with Gasteiger partial charge in [-0.25, -0.2) is 18.2 Å². The van der Waals surface area contributed by atoms with Crippen LogP contribution in [0.25, 0.3) is 10.9 Å². The number of aromatic nitrogens is 1. The Bertz CT molecular complexity index is 2120. The summed E-state index contributed by atoms with van der Waals surface area (Å²) in [7, 11) is -2.28. The van der Waals surface area contributed by atoms with Crippen LogP contribution >= 0.6 is 0 Å². The maximum Gasteiger partial charge on any atom is 0.408 e. The standard InChI is InChI=1S/C43H57N5O10S/c1-5-27-23-43(27,40(51)47-59(53,54)29-15-16-29)46-38(49)32-20-28-24-48(32)39(50)37(25-11-7-8-12-25)45-41(52)58-35-14-10-18-42(35,3)17-9-13-26-19-30-31(21-33(26)55-4)44-36(56-6-2)22-34(30)57-28/h5,19,21-22,25,27-29,32,35,37H,1,6-18,20,23-24H2,2-4H3,(H,45,52)(H,46,49)(H,47,51)/t27-,28+,32-,35+,37-,42+,43+/m0/s1. The number of ether oxygens (including phenoxy) is 4. The first-order chi connectivity index (χ1) is 28.3. The van der Waals surface area contributed by atoms with Gasteiger partial charge in [-0.3, -0.25) is 19.1 Å². The number of hydrogen-bond acceptors (Lipinski definition) is 11. The van der Waals surface area contributed by atoms with E-state index >= 15 is 0 Å². The summed E-state index contributed by atoms with van der Waals surface area (Å²) in [5.41, 5.74) is -0.258. The highest BCUT2D eigenvalue weighted by Crippen LogP contribution is 2.47. The quantitative estimate of drug-likeness (QED) is 0.278. The summed E-state index contributed by atoms with van der Waals surface area (Å²) in [4.78, 5) is 63.3. The summed E-state index contributed by atoms with van der Waals surface area (Å²) >= 11 is 0. The third-order valence-electron chi connectivity index (χ3n) is 13.7. The normalized spacial score (nSPS) is 31.3. The number of amides is 4. The lowest BCUT2D eigenvalue weighted by Crippen LogP contribution is -2.59. The monoisotopic (exact) mass is 835 g/mol. The third-order valence-corrected chi connectivity index (χ3v) is 15.5. The summed E-state index contributed by atoms with van der Waals surface area (Å²) < 4.78 is 52.5. The number of methoxy groups -OCH3 is 1. The number of pyridine rings is 1. The Kier molecular flexibility index (Phi) is 11.2. The minimum atomic E-state index is -3.91. The van der Waals surface area contributed by atoms with E-state index in [0.29, 0.717) is 48.8 Å². The number of nitrogens with zero attached hydrogens (tertiary/aromatic N) is 2. The fraction of sp³-hybridized carbons (Fsp3) is 0.651. The molecule has 7 atom stereocenters. The first-order valence-electron chi connectivity index (χ1n) is 21.4. The zero-order valence-corrected chi connectivity index (χ0v) is 35.1. The number of benzene rings is 1. The Morgan fingerprint density at radius 2 is 1.83 bits per heavy atom. The van der Waals surface area contributed by atoms with Crippen LogP contribution in [0.3, 0.4) is 0 Å². The molecule has 1 aromatic carbocycles. The number of hydrogen-bond donors (Lipinski definition) is 3. The van der Waals surface area contributed by atoms with Crippen molar-refractivity contribution in [1.82, 2.24) is 25.2 Å². The number of fused-ring (bicyclic) bond motifs is 4. The molecule has 5 fully saturated rings. The molecule has 6 aliphatic rings. The van der Waals surface area contributed by atoms with Crippen LogP contribution < -0.4 is 29.6 Å². The van der Waals surface area contributed by atoms with Crippen molar-refractivity contribution in [1.29, 1.82) is 0 Å². The minimum absolute atomic E-state index is 0.00545. The predicted molar refractivity (Wildman–Crippen MR) is 217 cm³/mol. The second-order valence-corrected chi connectivity index (χ2v) is 19.7. The molecule has 8 rings (SSSR count). The largest absolute Gasteiger partial charge is 0.496 e. The van der Waals surface area contributed by atoms with Crippen molar-refractivity contribution in [3.05, 3.63) is 36.4 Å². The van der Waals surface area contributed by atoms with Gasteiger partial charge < -0.3 is 34.5 Å². The van der Waals surface area contributed by atoms with Crippen molar-refractivity contribution in [3.63, 3.8) is 0 Å². The zero-order chi connectivity index (χ0) is 41.7. The molecular formula is C43H57N5O10S. The highest BCUT2D eigenvalue weighted by Gasteiger charge is 2.62. The zero-order valence-electron chi connectivity index (χ0n) is 34.3. The number of carbonyl (C=O) groups excluding carboxylic acids is 4. The summed E-state index contributed by atoms with van der Waals surface area (Å²) in [6, 6.07) is 3.53. The average Bonchev–Trinajstić information content (AvgIpc) is 4.02. The van der Waals surface area contributed by atoms with Crippen LogP contribution in [0.15, 0.2) is 30.9 Å². The van der Waals surface area contributed by atoms with E-state index in [4.69, 9.17) is 23.9 Å². The number of rotatable bonds is 10. The summed E-state index contributed by atoms with van der Waals surface area (Å²) in [6.45, 7) is 8.21. The predicted octanol–water partition coefficient (Wildman–Crippen LogP) is 4.84. The van der Waals surface area contributed by atoms with Crippen LogP contribution in [0.4, 0.5) is 4.79 Å². The smallest absolute Gasteiger partial charge is 0.408 e. The van der Waals surface area contributed by atoms with Gasteiger partial charge in [-0.1, -0.05) is 25.8 Å². The van der Waals surface area contributed by atoms with Crippen molar-refractivity contribution in [2.45, 2.75) is 139 Å². The molecule has 59 heavy (non-hydrogen) atoms. The van der Waals surface area contributed by atoms with Crippen LogP contribution in [0.2, 0.25) is 0 Å². The van der Waals surface area contributed by atoms with Gasteiger partial charge in [0.25, 0.3) is 5.91 Å². The topological polar surface area (TPSA) is 192 Å². The Labute approximate surface area is 345 Å². The summed E-state index contributed by atoms with van der Waals surface area (Å²) in [5.74, 6) is -1.11. The van der Waals surface area contributed by atoms with Gasteiger partial charge in [0.2, 0.25) is 27.7 Å². The average molecular weight is 836 g/mol. The molecule has 16 heteroatoms. The van der Waals surface area contributed by atoms with E-state index < -0.39 is 68.7 Å². The first-order valence-corrected chi connectivity index (χ1v) is 22.9. The van der Waals surface area contributed by atoms with Gasteiger partial charge in [0.05, 0.1) is 31.0 Å². The molecule has 2 aliphatic heterocycles. The SMILES string of the molecule is C=C[C@H]1C[C@]1(NC(=O)[C@@H]1C[C@@H]2CN1C(=O)[C@H](C1CCCC1)NC(=O)O[C@@H]1CCC[C@@]1(C)CCCc1cc3c(cc(OCC)nc3cc1OC)O2)C(=O)NS(=O)(=O)C1CC1. The van der Waals surface area contributed by atoms with Crippen LogP contribution in [0.1, 0.15) is 103 Å². The highest BCUT2D eigenvalue weighted by molar-refractivity contribution is 7.91. The molecule has 4 saturated carbocycles. The van der Waals surface area contributed by atoms with Crippen LogP contribution in [-0.4, -0.2) is 97.5 Å². The van der Waals surface area contributed by atoms with E-state index in [9.17, 15) is 27.6 Å². The first kappa shape index (κ1) is 41.1. The lowest BCUT2D eigenvalue weighted by Gasteiger charge is -2.34. The number of nitrogens with one attached hydrogen (secondary N) is 3. The maximum atomic E-state index is 15.0. The molecule has 320 valence electrons. The Balaban J connectivity index is 1.17. The molecule has 3 N–H and O–H groups in total. The number of sulfonamides is 1. The molecule has 1 saturated heterocycles. The van der Waals surface area contributed by atoms with E-state index in [1.807, 2.05) is 19.1 Å². The van der Waals surface area contributed by atoms with Gasteiger partial charge in [-0.2, -0.15) is 0 Å². The molecule has 0 unspecified atom stereocenters. The van der Waals surface area contributed by atoms with Gasteiger partial charge in [-0.15, -0.1) is 6.58 Å². The van der Waals surface area contributed by atoms with E-state index in [-0.39, 0.29) is 36.8 Å². The van der Waals surface area contributed by atoms with Gasteiger partial charge >= 0.3 is 6.09 Å². The van der Waals surface area contributed by atoms with E-state index in [0.717, 1.165) is 68.7 Å². The molecule has 4 bridgehead atoms. The van der Waals surface area contributed by atoms with E-state index in [1.54, 1.807) is 13.2 Å². The van der Waals surface area contributed by atoms with Gasteiger partial charge in [0.15, 0.2) is 0 Å². The van der Waals surface area contributed by atoms with Crippen molar-refractivity contribution in [2.24, 2.45) is 17.3 Å². The molecule has 0 spiro atoms. The van der Waals surface area contributed by atoms with E-state index in [1.165, 1.54) is 11.0 Å². The number of alkyl carbamates (subject to hydrolysis) is 1. The number of aryl methyl sites for hydroxylation is 1. The fourth-order valence-corrected chi connectivity index (χ4v) is 11.4. The maximum absolute atomic E-state index is 15.0. The molecule has 4 amide bonds. The lowest BCUT2D eigenvalue weighted by atomic mass is 9.81. The Morgan fingerprint density at radius 1 is 1.07 bits per heavy atom. The molecule has 1 aromatic heterocycles. The molecule has 15 nitrogen and oxygen atoms in total. The molecule has 0 radical (unpaired) electrons. The highest BCUT2D eigenvalue weighted by atomic mass is 32.2. The van der Waals surface area contributed by atoms with Gasteiger partial charge in [0, 0.05) is 35.3 Å². The molecular weight excluding hydrogens is 779 g/mol. The fourth-order valence-electron chi connectivity index (χ4n) is 10.0. The van der Waals surface area contributed by atoms with Crippen LogP contribution in [0.5, 0.6) is 17.4 Å². The molecule has 4 aliphatic carbocycles. The molecule has 2 aromatic rings. The van der Waals surface area contributed by atoms with Gasteiger partial charge in [0.1, 0.15) is 41.3 Å². The van der Waals surface area contributed by atoms with Crippen molar-refractivity contribution >= 4 is 44.7 Å². The lowest BCUT2D eigenvalue weighted by molar-refractivity contribution is -0.142. The molecule has 3 heterocycles.